The predicted octanol–water partition coefficient (Wildman–Crippen LogP) is 5.01. The highest BCUT2D eigenvalue weighted by Crippen LogP contribution is 2.28. The Balaban J connectivity index is 1.54. The second-order valence-corrected chi connectivity index (χ2v) is 9.18. The number of furan rings is 1. The van der Waals surface area contributed by atoms with Crippen molar-refractivity contribution < 1.29 is 4.42 Å². The van der Waals surface area contributed by atoms with Crippen molar-refractivity contribution in [3.63, 3.8) is 0 Å². The molecular formula is C28H30N6O2. The third-order valence-electron chi connectivity index (χ3n) is 6.42. The molecule has 0 spiro atoms. The van der Waals surface area contributed by atoms with E-state index in [0.717, 1.165) is 52.0 Å². The number of nitrogens with one attached hydrogen (secondary N) is 1. The highest BCUT2D eigenvalue weighted by atomic mass is 16.3. The second kappa shape index (κ2) is 10.7. The predicted molar refractivity (Wildman–Crippen MR) is 138 cm³/mol. The fraction of sp³-hybridized carbons (Fsp3) is 0.286. The maximum absolute atomic E-state index is 13.1. The summed E-state index contributed by atoms with van der Waals surface area (Å²) in [5.41, 5.74) is 3.81. The van der Waals surface area contributed by atoms with Crippen LogP contribution in [0.15, 0.2) is 82.2 Å². The van der Waals surface area contributed by atoms with Crippen LogP contribution >= 0.6 is 0 Å². The van der Waals surface area contributed by atoms with Crippen LogP contribution < -0.4 is 5.56 Å². The molecular weight excluding hydrogens is 452 g/mol. The third kappa shape index (κ3) is 5.28. The molecule has 0 radical (unpaired) electrons. The maximum Gasteiger partial charge on any atom is 0.252 e. The highest BCUT2D eigenvalue weighted by Gasteiger charge is 2.27. The molecule has 5 aromatic rings. The third-order valence-corrected chi connectivity index (χ3v) is 6.42. The highest BCUT2D eigenvalue weighted by molar-refractivity contribution is 5.79. The molecule has 1 atom stereocenters. The average molecular weight is 483 g/mol. The monoisotopic (exact) mass is 482 g/mol. The van der Waals surface area contributed by atoms with Crippen molar-refractivity contribution in [3.8, 4) is 0 Å². The van der Waals surface area contributed by atoms with Gasteiger partial charge in [0.2, 0.25) is 0 Å². The van der Waals surface area contributed by atoms with Gasteiger partial charge in [0, 0.05) is 24.2 Å². The number of pyridine rings is 1. The zero-order valence-corrected chi connectivity index (χ0v) is 20.6. The molecule has 0 bridgehead atoms. The van der Waals surface area contributed by atoms with Gasteiger partial charge < -0.3 is 9.40 Å². The average Bonchev–Trinajstić information content (AvgIpc) is 3.56. The molecule has 0 unspecified atom stereocenters. The van der Waals surface area contributed by atoms with Crippen molar-refractivity contribution in [2.24, 2.45) is 0 Å². The number of benzene rings is 2. The number of nitrogens with zero attached hydrogens (tertiary/aromatic N) is 5. The van der Waals surface area contributed by atoms with Crippen LogP contribution in [0.25, 0.3) is 10.9 Å². The zero-order chi connectivity index (χ0) is 24.9. The molecule has 0 amide bonds. The second-order valence-electron chi connectivity index (χ2n) is 9.18. The van der Waals surface area contributed by atoms with Crippen LogP contribution in [0.4, 0.5) is 0 Å². The number of hydrogen-bond donors (Lipinski definition) is 1. The summed E-state index contributed by atoms with van der Waals surface area (Å²) in [6.07, 6.45) is 3.44. The van der Waals surface area contributed by atoms with Gasteiger partial charge in [0.25, 0.3) is 5.56 Å². The van der Waals surface area contributed by atoms with E-state index < -0.39 is 0 Å². The first kappa shape index (κ1) is 23.7. The van der Waals surface area contributed by atoms with Crippen LogP contribution in [0.5, 0.6) is 0 Å². The van der Waals surface area contributed by atoms with Crippen LogP contribution in [-0.4, -0.2) is 30.1 Å². The molecule has 0 fully saturated rings. The van der Waals surface area contributed by atoms with Gasteiger partial charge in [-0.3, -0.25) is 9.69 Å². The summed E-state index contributed by atoms with van der Waals surface area (Å²) >= 11 is 0. The zero-order valence-electron chi connectivity index (χ0n) is 20.6. The summed E-state index contributed by atoms with van der Waals surface area (Å²) in [5, 5.41) is 13.7. The van der Waals surface area contributed by atoms with Crippen molar-refractivity contribution in [2.45, 2.75) is 52.4 Å². The number of hydrogen-bond acceptors (Lipinski definition) is 6. The quantitative estimate of drug-likeness (QED) is 0.301. The lowest BCUT2D eigenvalue weighted by Gasteiger charge is -2.31. The molecule has 0 aliphatic heterocycles. The summed E-state index contributed by atoms with van der Waals surface area (Å²) in [5.74, 6) is 1.55. The van der Waals surface area contributed by atoms with E-state index in [1.807, 2.05) is 48.5 Å². The normalized spacial score (nSPS) is 12.4. The minimum atomic E-state index is -0.0900. The molecule has 36 heavy (non-hydrogen) atoms. The Kier molecular flexibility index (Phi) is 7.04. The lowest BCUT2D eigenvalue weighted by Crippen LogP contribution is -2.32. The van der Waals surface area contributed by atoms with Crippen LogP contribution in [0.2, 0.25) is 0 Å². The van der Waals surface area contributed by atoms with Gasteiger partial charge in [-0.25, -0.2) is 4.68 Å². The molecule has 2 aromatic carbocycles. The Morgan fingerprint density at radius 2 is 1.92 bits per heavy atom. The van der Waals surface area contributed by atoms with Gasteiger partial charge in [-0.15, -0.1) is 5.10 Å². The molecule has 5 rings (SSSR count). The van der Waals surface area contributed by atoms with Crippen LogP contribution in [-0.2, 0) is 19.6 Å². The Hall–Kier alpha value is -4.04. The van der Waals surface area contributed by atoms with Crippen LogP contribution in [0.3, 0.4) is 0 Å². The summed E-state index contributed by atoms with van der Waals surface area (Å²) < 4.78 is 7.34. The smallest absolute Gasteiger partial charge is 0.252 e. The summed E-state index contributed by atoms with van der Waals surface area (Å²) in [4.78, 5) is 18.5. The first-order valence-electron chi connectivity index (χ1n) is 12.3. The van der Waals surface area contributed by atoms with Crippen molar-refractivity contribution in [1.82, 2.24) is 30.1 Å². The summed E-state index contributed by atoms with van der Waals surface area (Å²) in [6, 6.07) is 22.1. The van der Waals surface area contributed by atoms with Gasteiger partial charge in [-0.1, -0.05) is 55.3 Å². The molecule has 184 valence electrons. The van der Waals surface area contributed by atoms with Crippen molar-refractivity contribution in [3.05, 3.63) is 112 Å². The van der Waals surface area contributed by atoms with E-state index >= 15 is 0 Å². The van der Waals surface area contributed by atoms with Gasteiger partial charge in [0.15, 0.2) is 5.82 Å². The molecule has 8 heteroatoms. The van der Waals surface area contributed by atoms with E-state index in [0.29, 0.717) is 19.6 Å². The standard InChI is InChI=1S/C28H30N6O2/c1-3-8-26(27-30-31-32-34(27)19-24-11-7-14-36-24)33(17-21-9-5-4-6-10-21)18-23-16-22-15-20(2)12-13-25(22)29-28(23)35/h4-7,9-16,26H,3,8,17-19H2,1-2H3,(H,29,35)/t26-/m0/s1. The van der Waals surface area contributed by atoms with Gasteiger partial charge in [-0.05, 0) is 65.1 Å². The molecule has 1 N–H and O–H groups in total. The van der Waals surface area contributed by atoms with Gasteiger partial charge in [0.1, 0.15) is 12.3 Å². The number of aromatic amines is 1. The molecule has 0 aliphatic carbocycles. The molecule has 3 aromatic heterocycles. The fourth-order valence-electron chi connectivity index (χ4n) is 4.66. The number of fused-ring (bicyclic) bond motifs is 1. The first-order chi connectivity index (χ1) is 17.6. The largest absolute Gasteiger partial charge is 0.467 e. The van der Waals surface area contributed by atoms with E-state index in [9.17, 15) is 4.79 Å². The molecule has 3 heterocycles. The number of tetrazole rings is 1. The fourth-order valence-corrected chi connectivity index (χ4v) is 4.66. The summed E-state index contributed by atoms with van der Waals surface area (Å²) in [6.45, 7) is 5.78. The number of H-pyrrole nitrogens is 1. The molecule has 0 saturated carbocycles. The Morgan fingerprint density at radius 3 is 2.69 bits per heavy atom. The Bertz CT molecular complexity index is 1470. The van der Waals surface area contributed by atoms with Gasteiger partial charge in [-0.2, -0.15) is 0 Å². The molecule has 8 nitrogen and oxygen atoms in total. The molecule has 0 aliphatic rings. The maximum atomic E-state index is 13.1. The lowest BCUT2D eigenvalue weighted by molar-refractivity contribution is 0.155. The van der Waals surface area contributed by atoms with E-state index in [2.05, 4.69) is 57.5 Å². The van der Waals surface area contributed by atoms with E-state index in [-0.39, 0.29) is 11.6 Å². The Labute approximate surface area is 209 Å². The first-order valence-corrected chi connectivity index (χ1v) is 12.3. The number of aromatic nitrogens is 5. The SMILES string of the molecule is CCC[C@@H](c1nnnn1Cc1ccco1)N(Cc1ccccc1)Cc1cc2cc(C)ccc2[nH]c1=O. The van der Waals surface area contributed by atoms with Gasteiger partial charge >= 0.3 is 0 Å². The Morgan fingerprint density at radius 1 is 1.06 bits per heavy atom. The van der Waals surface area contributed by atoms with E-state index in [4.69, 9.17) is 4.42 Å². The van der Waals surface area contributed by atoms with Crippen LogP contribution in [0, 0.1) is 6.92 Å². The van der Waals surface area contributed by atoms with Crippen LogP contribution in [0.1, 0.15) is 54.1 Å². The topological polar surface area (TPSA) is 92.8 Å². The van der Waals surface area contributed by atoms with Gasteiger partial charge in [0.05, 0.1) is 12.3 Å². The van der Waals surface area contributed by atoms with E-state index in [1.165, 1.54) is 0 Å². The minimum Gasteiger partial charge on any atom is -0.467 e. The van der Waals surface area contributed by atoms with Crippen molar-refractivity contribution >= 4 is 10.9 Å². The van der Waals surface area contributed by atoms with Crippen molar-refractivity contribution in [2.75, 3.05) is 0 Å². The van der Waals surface area contributed by atoms with E-state index in [1.54, 1.807) is 10.9 Å². The lowest BCUT2D eigenvalue weighted by atomic mass is 10.0. The molecule has 0 saturated heterocycles. The minimum absolute atomic E-state index is 0.0742. The summed E-state index contributed by atoms with van der Waals surface area (Å²) in [7, 11) is 0. The number of rotatable bonds is 10. The van der Waals surface area contributed by atoms with Crippen molar-refractivity contribution in [1.29, 1.82) is 0 Å². The number of aryl methyl sites for hydroxylation is 1.